The van der Waals surface area contributed by atoms with Crippen LogP contribution in [-0.4, -0.2) is 35.3 Å². The Balaban J connectivity index is 2.27. The Hall–Kier alpha value is -0.220. The van der Waals surface area contributed by atoms with E-state index in [1.807, 2.05) is 11.8 Å². The lowest BCUT2D eigenvalue weighted by atomic mass is 9.67. The molecule has 0 radical (unpaired) electrons. The number of rotatable bonds is 2. The first-order valence-electron chi connectivity index (χ1n) is 6.03. The molecule has 0 aromatic heterocycles. The van der Waals surface area contributed by atoms with Crippen LogP contribution in [0.5, 0.6) is 0 Å². The normalized spacial score (nSPS) is 27.6. The molecule has 0 aromatic carbocycles. The predicted octanol–water partition coefficient (Wildman–Crippen LogP) is 1.98. The Bertz CT molecular complexity index is 265. The van der Waals surface area contributed by atoms with Gasteiger partial charge in [-0.05, 0) is 37.2 Å². The second-order valence-corrected chi connectivity index (χ2v) is 6.15. The standard InChI is InChI=1S/C12H20O3S/c1-15-10(13)11(4-2-3-5-11)12(14)6-8-16-9-7-12/h14H,2-9H2,1H3. The van der Waals surface area contributed by atoms with Crippen molar-refractivity contribution >= 4 is 17.7 Å². The molecule has 1 aliphatic carbocycles. The number of methoxy groups -OCH3 is 1. The van der Waals surface area contributed by atoms with Crippen molar-refractivity contribution in [2.24, 2.45) is 5.41 Å². The summed E-state index contributed by atoms with van der Waals surface area (Å²) in [5, 5.41) is 10.8. The van der Waals surface area contributed by atoms with Crippen molar-refractivity contribution in [2.45, 2.75) is 44.1 Å². The molecular formula is C12H20O3S. The molecule has 1 aliphatic heterocycles. The number of thioether (sulfide) groups is 1. The van der Waals surface area contributed by atoms with Gasteiger partial charge >= 0.3 is 5.97 Å². The maximum absolute atomic E-state index is 12.1. The molecule has 16 heavy (non-hydrogen) atoms. The number of carbonyl (C=O) groups excluding carboxylic acids is 1. The van der Waals surface area contributed by atoms with Crippen LogP contribution in [0.25, 0.3) is 0 Å². The third-order valence-corrected chi connectivity index (χ3v) is 5.23. The quantitative estimate of drug-likeness (QED) is 0.755. The molecule has 0 aromatic rings. The monoisotopic (exact) mass is 244 g/mol. The fourth-order valence-electron chi connectivity index (χ4n) is 3.22. The van der Waals surface area contributed by atoms with Gasteiger partial charge in [0.15, 0.2) is 0 Å². The molecule has 4 heteroatoms. The molecule has 1 saturated heterocycles. The van der Waals surface area contributed by atoms with Crippen LogP contribution in [0.15, 0.2) is 0 Å². The fourth-order valence-corrected chi connectivity index (χ4v) is 4.39. The summed E-state index contributed by atoms with van der Waals surface area (Å²) in [6, 6.07) is 0. The zero-order valence-electron chi connectivity index (χ0n) is 9.83. The topological polar surface area (TPSA) is 46.5 Å². The second kappa shape index (κ2) is 4.57. The molecular weight excluding hydrogens is 224 g/mol. The largest absolute Gasteiger partial charge is 0.469 e. The molecule has 0 unspecified atom stereocenters. The maximum Gasteiger partial charge on any atom is 0.314 e. The summed E-state index contributed by atoms with van der Waals surface area (Å²) < 4.78 is 4.95. The van der Waals surface area contributed by atoms with E-state index in [4.69, 9.17) is 4.74 Å². The predicted molar refractivity (Wildman–Crippen MR) is 64.4 cm³/mol. The van der Waals surface area contributed by atoms with Gasteiger partial charge in [0.05, 0.1) is 18.1 Å². The van der Waals surface area contributed by atoms with E-state index in [1.54, 1.807) is 0 Å². The van der Waals surface area contributed by atoms with Gasteiger partial charge in [0.2, 0.25) is 0 Å². The van der Waals surface area contributed by atoms with Crippen LogP contribution in [0.1, 0.15) is 38.5 Å². The lowest BCUT2D eigenvalue weighted by molar-refractivity contribution is -0.174. The van der Waals surface area contributed by atoms with Crippen LogP contribution in [0, 0.1) is 5.41 Å². The van der Waals surface area contributed by atoms with Gasteiger partial charge in [0.25, 0.3) is 0 Å². The molecule has 2 fully saturated rings. The first-order chi connectivity index (χ1) is 7.65. The van der Waals surface area contributed by atoms with Crippen molar-refractivity contribution in [3.8, 4) is 0 Å². The van der Waals surface area contributed by atoms with Gasteiger partial charge in [-0.25, -0.2) is 0 Å². The minimum atomic E-state index is -0.818. The van der Waals surface area contributed by atoms with Gasteiger partial charge in [-0.15, -0.1) is 0 Å². The molecule has 3 nitrogen and oxygen atoms in total. The number of hydrogen-bond donors (Lipinski definition) is 1. The Morgan fingerprint density at radius 2 is 1.75 bits per heavy atom. The van der Waals surface area contributed by atoms with Crippen molar-refractivity contribution in [3.05, 3.63) is 0 Å². The molecule has 2 aliphatic rings. The molecule has 92 valence electrons. The average molecular weight is 244 g/mol. The zero-order valence-corrected chi connectivity index (χ0v) is 10.6. The Morgan fingerprint density at radius 1 is 1.19 bits per heavy atom. The van der Waals surface area contributed by atoms with E-state index in [-0.39, 0.29) is 5.97 Å². The van der Waals surface area contributed by atoms with Crippen LogP contribution < -0.4 is 0 Å². The molecule has 0 atom stereocenters. The van der Waals surface area contributed by atoms with Gasteiger partial charge < -0.3 is 9.84 Å². The number of aliphatic hydroxyl groups is 1. The van der Waals surface area contributed by atoms with Crippen LogP contribution in [0.3, 0.4) is 0 Å². The summed E-state index contributed by atoms with van der Waals surface area (Å²) >= 11 is 1.86. The van der Waals surface area contributed by atoms with Gasteiger partial charge in [-0.2, -0.15) is 11.8 Å². The molecule has 0 spiro atoms. The third-order valence-electron chi connectivity index (χ3n) is 4.24. The fraction of sp³-hybridized carbons (Fsp3) is 0.917. The van der Waals surface area contributed by atoms with E-state index < -0.39 is 11.0 Å². The zero-order chi connectivity index (χ0) is 11.6. The lowest BCUT2D eigenvalue weighted by Crippen LogP contribution is -2.54. The lowest BCUT2D eigenvalue weighted by Gasteiger charge is -2.45. The van der Waals surface area contributed by atoms with Gasteiger partial charge in [-0.3, -0.25) is 4.79 Å². The van der Waals surface area contributed by atoms with Crippen LogP contribution in [-0.2, 0) is 9.53 Å². The highest BCUT2D eigenvalue weighted by molar-refractivity contribution is 7.99. The highest BCUT2D eigenvalue weighted by Gasteiger charge is 2.57. The van der Waals surface area contributed by atoms with E-state index in [1.165, 1.54) is 7.11 Å². The van der Waals surface area contributed by atoms with Crippen molar-refractivity contribution < 1.29 is 14.6 Å². The average Bonchev–Trinajstić information content (AvgIpc) is 2.80. The van der Waals surface area contributed by atoms with Crippen molar-refractivity contribution in [1.82, 2.24) is 0 Å². The highest BCUT2D eigenvalue weighted by Crippen LogP contribution is 2.52. The first-order valence-corrected chi connectivity index (χ1v) is 7.19. The van der Waals surface area contributed by atoms with Crippen molar-refractivity contribution in [2.75, 3.05) is 18.6 Å². The summed E-state index contributed by atoms with van der Waals surface area (Å²) in [7, 11) is 1.43. The van der Waals surface area contributed by atoms with Crippen LogP contribution in [0.4, 0.5) is 0 Å². The summed E-state index contributed by atoms with van der Waals surface area (Å²) in [6.07, 6.45) is 5.11. The van der Waals surface area contributed by atoms with Gasteiger partial charge in [-0.1, -0.05) is 12.8 Å². The second-order valence-electron chi connectivity index (χ2n) is 4.92. The molecule has 1 N–H and O–H groups in total. The number of carbonyl (C=O) groups is 1. The van der Waals surface area contributed by atoms with E-state index in [9.17, 15) is 9.90 Å². The summed E-state index contributed by atoms with van der Waals surface area (Å²) in [4.78, 5) is 12.1. The van der Waals surface area contributed by atoms with Crippen LogP contribution >= 0.6 is 11.8 Å². The smallest absolute Gasteiger partial charge is 0.314 e. The van der Waals surface area contributed by atoms with Gasteiger partial charge in [0.1, 0.15) is 0 Å². The van der Waals surface area contributed by atoms with Gasteiger partial charge in [0, 0.05) is 0 Å². The van der Waals surface area contributed by atoms with E-state index in [0.717, 1.165) is 50.0 Å². The SMILES string of the molecule is COC(=O)C1(C2(O)CCSCC2)CCCC1. The Kier molecular flexibility index (Phi) is 3.50. The summed E-state index contributed by atoms with van der Waals surface area (Å²) in [5.41, 5.74) is -1.43. The van der Waals surface area contributed by atoms with E-state index in [2.05, 4.69) is 0 Å². The van der Waals surface area contributed by atoms with E-state index >= 15 is 0 Å². The first kappa shape index (κ1) is 12.2. The summed E-state index contributed by atoms with van der Waals surface area (Å²) in [6.45, 7) is 0. The Labute approximate surface area is 101 Å². The minimum Gasteiger partial charge on any atom is -0.469 e. The minimum absolute atomic E-state index is 0.195. The van der Waals surface area contributed by atoms with Crippen molar-refractivity contribution in [3.63, 3.8) is 0 Å². The number of ether oxygens (including phenoxy) is 1. The highest BCUT2D eigenvalue weighted by atomic mass is 32.2. The third kappa shape index (κ3) is 1.76. The molecule has 1 saturated carbocycles. The molecule has 0 amide bonds. The summed E-state index contributed by atoms with van der Waals surface area (Å²) in [5.74, 6) is 1.71. The number of esters is 1. The van der Waals surface area contributed by atoms with Crippen molar-refractivity contribution in [1.29, 1.82) is 0 Å². The molecule has 0 bridgehead atoms. The van der Waals surface area contributed by atoms with Crippen LogP contribution in [0.2, 0.25) is 0 Å². The maximum atomic E-state index is 12.1. The number of hydrogen-bond acceptors (Lipinski definition) is 4. The van der Waals surface area contributed by atoms with E-state index in [0.29, 0.717) is 0 Å². The molecule has 1 heterocycles. The Morgan fingerprint density at radius 3 is 2.25 bits per heavy atom. The molecule has 2 rings (SSSR count).